The Kier molecular flexibility index (Phi) is 5.84. The molecule has 1 aromatic carbocycles. The van der Waals surface area contributed by atoms with Crippen molar-refractivity contribution in [1.29, 1.82) is 0 Å². The number of nitrogens with one attached hydrogen (secondary N) is 1. The van der Waals surface area contributed by atoms with E-state index in [0.29, 0.717) is 23.2 Å². The number of ether oxygens (including phenoxy) is 1. The van der Waals surface area contributed by atoms with Crippen molar-refractivity contribution in [3.63, 3.8) is 0 Å². The molecule has 0 saturated heterocycles. The molecule has 3 nitrogen and oxygen atoms in total. The Balaban J connectivity index is 2.27. The fraction of sp³-hybridized carbons (Fsp3) is 0.214. The van der Waals surface area contributed by atoms with Crippen LogP contribution in [0, 0.1) is 0 Å². The van der Waals surface area contributed by atoms with Crippen molar-refractivity contribution in [2.45, 2.75) is 13.5 Å². The van der Waals surface area contributed by atoms with E-state index in [4.69, 9.17) is 16.3 Å². The van der Waals surface area contributed by atoms with E-state index >= 15 is 0 Å². The maximum Gasteiger partial charge on any atom is 0.223 e. The third-order valence-electron chi connectivity index (χ3n) is 2.56. The van der Waals surface area contributed by atoms with Crippen LogP contribution in [0.2, 0.25) is 5.02 Å². The lowest BCUT2D eigenvalue weighted by molar-refractivity contribution is 0.453. The van der Waals surface area contributed by atoms with Crippen LogP contribution < -0.4 is 10.1 Å². The van der Waals surface area contributed by atoms with Gasteiger partial charge in [0.05, 0.1) is 5.02 Å². The van der Waals surface area contributed by atoms with Gasteiger partial charge in [-0.2, -0.15) is 0 Å². The second-order valence-corrected chi connectivity index (χ2v) is 6.31. The zero-order chi connectivity index (χ0) is 14.5. The van der Waals surface area contributed by atoms with Gasteiger partial charge in [0.1, 0.15) is 5.75 Å². The van der Waals surface area contributed by atoms with Crippen molar-refractivity contribution < 1.29 is 4.74 Å². The van der Waals surface area contributed by atoms with Gasteiger partial charge in [-0.3, -0.25) is 0 Å². The van der Waals surface area contributed by atoms with Crippen LogP contribution in [-0.4, -0.2) is 11.5 Å². The second kappa shape index (κ2) is 7.41. The van der Waals surface area contributed by atoms with Crippen LogP contribution in [0.4, 0.5) is 0 Å². The molecule has 6 heteroatoms. The zero-order valence-corrected chi connectivity index (χ0v) is 14.7. The number of hydrogen-bond acceptors (Lipinski definition) is 3. The Labute approximate surface area is 140 Å². The van der Waals surface area contributed by atoms with Gasteiger partial charge in [0, 0.05) is 27.3 Å². The summed E-state index contributed by atoms with van der Waals surface area (Å²) in [6.07, 6.45) is 1.71. The molecule has 0 aliphatic heterocycles. The molecular formula is C14H13Br2ClN2O. The molecule has 0 amide bonds. The first-order valence-corrected chi connectivity index (χ1v) is 8.04. The molecule has 2 aromatic rings. The number of benzene rings is 1. The average Bonchev–Trinajstić information content (AvgIpc) is 2.41. The van der Waals surface area contributed by atoms with Gasteiger partial charge in [-0.05, 0) is 46.7 Å². The molecule has 0 aliphatic rings. The minimum absolute atomic E-state index is 0.540. The van der Waals surface area contributed by atoms with E-state index in [1.807, 2.05) is 18.2 Å². The molecule has 0 spiro atoms. The number of hydrogen-bond donors (Lipinski definition) is 1. The first kappa shape index (κ1) is 15.8. The van der Waals surface area contributed by atoms with Crippen molar-refractivity contribution in [3.8, 4) is 11.6 Å². The minimum Gasteiger partial charge on any atom is -0.437 e. The summed E-state index contributed by atoms with van der Waals surface area (Å²) in [6, 6.07) is 7.47. The van der Waals surface area contributed by atoms with Crippen molar-refractivity contribution >= 4 is 43.5 Å². The molecule has 1 N–H and O–H groups in total. The molecule has 0 saturated carbocycles. The van der Waals surface area contributed by atoms with Crippen LogP contribution in [-0.2, 0) is 6.54 Å². The summed E-state index contributed by atoms with van der Waals surface area (Å²) in [5, 5.41) is 3.80. The van der Waals surface area contributed by atoms with E-state index in [2.05, 4.69) is 49.1 Å². The maximum absolute atomic E-state index is 6.16. The lowest BCUT2D eigenvalue weighted by atomic mass is 10.2. The van der Waals surface area contributed by atoms with Gasteiger partial charge in [0.15, 0.2) is 0 Å². The van der Waals surface area contributed by atoms with Gasteiger partial charge >= 0.3 is 0 Å². The molecule has 0 radical (unpaired) electrons. The Morgan fingerprint density at radius 2 is 2.05 bits per heavy atom. The van der Waals surface area contributed by atoms with E-state index < -0.39 is 0 Å². The van der Waals surface area contributed by atoms with E-state index in [0.717, 1.165) is 21.1 Å². The topological polar surface area (TPSA) is 34.2 Å². The van der Waals surface area contributed by atoms with Gasteiger partial charge in [0.25, 0.3) is 0 Å². The molecule has 1 heterocycles. The second-order valence-electron chi connectivity index (χ2n) is 4.07. The van der Waals surface area contributed by atoms with Crippen molar-refractivity contribution in [2.24, 2.45) is 0 Å². The normalized spacial score (nSPS) is 10.6. The van der Waals surface area contributed by atoms with Crippen molar-refractivity contribution in [3.05, 3.63) is 50.0 Å². The molecule has 0 unspecified atom stereocenters. The summed E-state index contributed by atoms with van der Waals surface area (Å²) in [6.45, 7) is 3.62. The van der Waals surface area contributed by atoms with Gasteiger partial charge < -0.3 is 10.1 Å². The van der Waals surface area contributed by atoms with Gasteiger partial charge in [-0.1, -0.05) is 34.5 Å². The fourth-order valence-corrected chi connectivity index (χ4v) is 2.70. The number of rotatable bonds is 5. The van der Waals surface area contributed by atoms with Gasteiger partial charge in [-0.25, -0.2) is 4.98 Å². The van der Waals surface area contributed by atoms with Crippen LogP contribution in [0.3, 0.4) is 0 Å². The molecule has 0 fully saturated rings. The van der Waals surface area contributed by atoms with E-state index in [1.165, 1.54) is 0 Å². The smallest absolute Gasteiger partial charge is 0.223 e. The highest BCUT2D eigenvalue weighted by Gasteiger charge is 2.10. The molecule has 2 rings (SSSR count). The summed E-state index contributed by atoms with van der Waals surface area (Å²) in [5.41, 5.74) is 0.972. The van der Waals surface area contributed by atoms with Gasteiger partial charge in [-0.15, -0.1) is 0 Å². The van der Waals surface area contributed by atoms with Crippen LogP contribution in [0.15, 0.2) is 39.4 Å². The Hall–Kier alpha value is -0.620. The number of pyridine rings is 1. The fourth-order valence-electron chi connectivity index (χ4n) is 1.61. The molecule has 1 aromatic heterocycles. The largest absolute Gasteiger partial charge is 0.437 e. The highest BCUT2D eigenvalue weighted by atomic mass is 79.9. The first-order chi connectivity index (χ1) is 9.60. The molecular weight excluding hydrogens is 407 g/mol. The summed E-state index contributed by atoms with van der Waals surface area (Å²) in [7, 11) is 0. The summed E-state index contributed by atoms with van der Waals surface area (Å²) >= 11 is 12.9. The van der Waals surface area contributed by atoms with Crippen LogP contribution in [0.1, 0.15) is 12.5 Å². The van der Waals surface area contributed by atoms with E-state index in [-0.39, 0.29) is 0 Å². The third-order valence-corrected chi connectivity index (χ3v) is 3.78. The zero-order valence-electron chi connectivity index (χ0n) is 10.8. The van der Waals surface area contributed by atoms with E-state index in [1.54, 1.807) is 12.3 Å². The van der Waals surface area contributed by atoms with E-state index in [9.17, 15) is 0 Å². The first-order valence-electron chi connectivity index (χ1n) is 6.08. The summed E-state index contributed by atoms with van der Waals surface area (Å²) in [4.78, 5) is 4.31. The molecule has 20 heavy (non-hydrogen) atoms. The number of nitrogens with zero attached hydrogens (tertiary/aromatic N) is 1. The quantitative estimate of drug-likeness (QED) is 0.725. The monoisotopic (exact) mass is 418 g/mol. The molecule has 106 valence electrons. The Bertz CT molecular complexity index is 608. The summed E-state index contributed by atoms with van der Waals surface area (Å²) < 4.78 is 7.65. The summed E-state index contributed by atoms with van der Waals surface area (Å²) in [5.74, 6) is 1.14. The van der Waals surface area contributed by atoms with Crippen LogP contribution in [0.25, 0.3) is 0 Å². The molecule has 0 atom stereocenters. The van der Waals surface area contributed by atoms with Crippen LogP contribution >= 0.6 is 43.5 Å². The Morgan fingerprint density at radius 3 is 2.75 bits per heavy atom. The standard InChI is InChI=1S/C14H13Br2ClN2O/c1-2-18-7-9-5-11(16)8-19-14(9)20-13-4-3-10(15)6-12(13)17/h3-6,8,18H,2,7H2,1H3. The molecule has 0 aliphatic carbocycles. The minimum atomic E-state index is 0.540. The average molecular weight is 421 g/mol. The lowest BCUT2D eigenvalue weighted by Crippen LogP contribution is -2.13. The van der Waals surface area contributed by atoms with Crippen LogP contribution in [0.5, 0.6) is 11.6 Å². The predicted molar refractivity (Wildman–Crippen MR) is 88.5 cm³/mol. The lowest BCUT2D eigenvalue weighted by Gasteiger charge is -2.12. The highest BCUT2D eigenvalue weighted by Crippen LogP contribution is 2.32. The van der Waals surface area contributed by atoms with Gasteiger partial charge in [0.2, 0.25) is 5.88 Å². The van der Waals surface area contributed by atoms with Crippen molar-refractivity contribution in [1.82, 2.24) is 10.3 Å². The predicted octanol–water partition coefficient (Wildman–Crippen LogP) is 5.16. The number of aromatic nitrogens is 1. The highest BCUT2D eigenvalue weighted by molar-refractivity contribution is 9.10. The Morgan fingerprint density at radius 1 is 1.25 bits per heavy atom. The SMILES string of the molecule is CCNCc1cc(Br)cnc1Oc1ccc(Br)cc1Cl. The number of halogens is 3. The molecule has 0 bridgehead atoms. The van der Waals surface area contributed by atoms with Crippen molar-refractivity contribution in [2.75, 3.05) is 6.54 Å². The third kappa shape index (κ3) is 4.19. The maximum atomic E-state index is 6.16.